The SMILES string of the molecule is C1=CC(c2ccccc2-c2ccc3c(c2)c2cc(-c4ccccc4-c4ccccn4)ccc2n3-c2ccc3[pH]c4ccc(-n5c6ccc(C7=C(c8ccccn8)CCC=C7)cc6c6cc(-c7ccccc7-c7ccccn7)ccc65)cc4c3c2)=NCC1. The lowest BCUT2D eigenvalue weighted by Gasteiger charge is -2.16. The van der Waals surface area contributed by atoms with E-state index in [0.717, 1.165) is 121 Å². The molecule has 1 aliphatic carbocycles. The van der Waals surface area contributed by atoms with Crippen LogP contribution in [0.3, 0.4) is 0 Å². The van der Waals surface area contributed by atoms with E-state index >= 15 is 0 Å². The van der Waals surface area contributed by atoms with E-state index in [4.69, 9.17) is 19.9 Å². The predicted molar refractivity (Wildman–Crippen MR) is 367 cm³/mol. The lowest BCUT2D eigenvalue weighted by molar-refractivity contribution is 0.994. The fourth-order valence-electron chi connectivity index (χ4n) is 13.8. The van der Waals surface area contributed by atoms with Crippen molar-refractivity contribution in [3.63, 3.8) is 0 Å². The first kappa shape index (κ1) is 50.7. The summed E-state index contributed by atoms with van der Waals surface area (Å²) < 4.78 is 4.97. The third kappa shape index (κ3) is 8.71. The molecule has 87 heavy (non-hydrogen) atoms. The zero-order valence-electron chi connectivity index (χ0n) is 47.6. The largest absolute Gasteiger partial charge is 0.309 e. The minimum Gasteiger partial charge on any atom is -0.309 e. The van der Waals surface area contributed by atoms with Crippen molar-refractivity contribution in [2.24, 2.45) is 4.99 Å². The molecule has 410 valence electrons. The summed E-state index contributed by atoms with van der Waals surface area (Å²) in [5.74, 6) is 0. The van der Waals surface area contributed by atoms with Gasteiger partial charge < -0.3 is 9.13 Å². The van der Waals surface area contributed by atoms with Gasteiger partial charge in [0.1, 0.15) is 0 Å². The molecule has 0 N–H and O–H groups in total. The molecule has 0 amide bonds. The number of hydrogen-bond acceptors (Lipinski definition) is 4. The highest BCUT2D eigenvalue weighted by molar-refractivity contribution is 7.43. The highest BCUT2D eigenvalue weighted by Crippen LogP contribution is 2.46. The van der Waals surface area contributed by atoms with Crippen molar-refractivity contribution in [3.05, 3.63) is 296 Å². The Morgan fingerprint density at radius 2 is 0.759 bits per heavy atom. The van der Waals surface area contributed by atoms with Crippen LogP contribution in [0.15, 0.2) is 284 Å². The van der Waals surface area contributed by atoms with Gasteiger partial charge in [-0.2, -0.15) is 0 Å². The van der Waals surface area contributed by atoms with Crippen LogP contribution in [0.4, 0.5) is 0 Å². The van der Waals surface area contributed by atoms with Crippen molar-refractivity contribution in [2.75, 3.05) is 6.54 Å². The number of benzene rings is 9. The van der Waals surface area contributed by atoms with Crippen molar-refractivity contribution < 1.29 is 0 Å². The summed E-state index contributed by atoms with van der Waals surface area (Å²) >= 11 is 0. The maximum Gasteiger partial charge on any atom is 0.0708 e. The van der Waals surface area contributed by atoms with Gasteiger partial charge in [0.05, 0.1) is 44.9 Å². The third-order valence-corrected chi connectivity index (χ3v) is 19.2. The lowest BCUT2D eigenvalue weighted by Crippen LogP contribution is -2.04. The Balaban J connectivity index is 0.846. The van der Waals surface area contributed by atoms with Crippen molar-refractivity contribution in [1.29, 1.82) is 0 Å². The number of aliphatic imine (C=N–C) groups is 1. The number of hydrogen-bond donors (Lipinski definition) is 0. The smallest absolute Gasteiger partial charge is 0.0708 e. The fraction of sp³-hybridized carbons (Fsp3) is 0.0500. The molecule has 0 saturated heterocycles. The van der Waals surface area contributed by atoms with Gasteiger partial charge in [-0.3, -0.25) is 19.9 Å². The normalized spacial score (nSPS) is 13.6. The highest BCUT2D eigenvalue weighted by atomic mass is 31.0. The molecule has 7 heteroatoms. The summed E-state index contributed by atoms with van der Waals surface area (Å²) in [6.45, 7) is 0.806. The molecule has 0 fully saturated rings. The van der Waals surface area contributed by atoms with Gasteiger partial charge in [0.25, 0.3) is 0 Å². The van der Waals surface area contributed by atoms with Crippen molar-refractivity contribution in [1.82, 2.24) is 24.1 Å². The molecule has 1 aliphatic heterocycles. The fourth-order valence-corrected chi connectivity index (χ4v) is 15.1. The zero-order chi connectivity index (χ0) is 57.4. The molecule has 15 aromatic rings. The molecular formula is C80H55N6P. The van der Waals surface area contributed by atoms with Crippen molar-refractivity contribution in [2.45, 2.75) is 19.3 Å². The highest BCUT2D eigenvalue weighted by Gasteiger charge is 2.22. The molecule has 1 atom stereocenters. The molecule has 6 aromatic heterocycles. The lowest BCUT2D eigenvalue weighted by atomic mass is 9.89. The molecular weight excluding hydrogens is 1080 g/mol. The van der Waals surface area contributed by atoms with E-state index in [-0.39, 0.29) is 0 Å². The average Bonchev–Trinajstić information content (AvgIpc) is 1.70. The Kier molecular flexibility index (Phi) is 12.3. The van der Waals surface area contributed by atoms with Gasteiger partial charge in [0, 0.05) is 74.7 Å². The van der Waals surface area contributed by atoms with Gasteiger partial charge in [0.15, 0.2) is 0 Å². The summed E-state index contributed by atoms with van der Waals surface area (Å²) in [5, 5.41) is 10.1. The summed E-state index contributed by atoms with van der Waals surface area (Å²) in [5.41, 5.74) is 24.9. The first-order chi connectivity index (χ1) is 43.1. The molecule has 6 nitrogen and oxygen atoms in total. The second-order valence-electron chi connectivity index (χ2n) is 22.8. The third-order valence-electron chi connectivity index (χ3n) is 17.8. The van der Waals surface area contributed by atoms with Crippen LogP contribution >= 0.6 is 8.19 Å². The van der Waals surface area contributed by atoms with Gasteiger partial charge in [-0.15, -0.1) is 8.19 Å². The quantitative estimate of drug-likeness (QED) is 0.137. The Morgan fingerprint density at radius 3 is 1.23 bits per heavy atom. The molecule has 9 aromatic carbocycles. The Bertz CT molecular complexity index is 5390. The van der Waals surface area contributed by atoms with E-state index in [0.29, 0.717) is 8.19 Å². The van der Waals surface area contributed by atoms with Crippen LogP contribution in [0.1, 0.15) is 36.1 Å². The van der Waals surface area contributed by atoms with Crippen molar-refractivity contribution >= 4 is 89.7 Å². The van der Waals surface area contributed by atoms with Gasteiger partial charge >= 0.3 is 0 Å². The molecule has 2 aliphatic rings. The Labute approximate surface area is 505 Å². The first-order valence-electron chi connectivity index (χ1n) is 30.0. The molecule has 7 heterocycles. The molecule has 1 unspecified atom stereocenters. The van der Waals surface area contributed by atoms with Crippen LogP contribution in [0.2, 0.25) is 0 Å². The van der Waals surface area contributed by atoms with Crippen LogP contribution < -0.4 is 0 Å². The van der Waals surface area contributed by atoms with Gasteiger partial charge in [-0.05, 0) is 218 Å². The number of rotatable bonds is 10. The maximum absolute atomic E-state index is 4.98. The Hall–Kier alpha value is -10.8. The molecule has 0 spiro atoms. The zero-order valence-corrected chi connectivity index (χ0v) is 48.6. The van der Waals surface area contributed by atoms with Crippen LogP contribution in [0.5, 0.6) is 0 Å². The van der Waals surface area contributed by atoms with Crippen LogP contribution in [0.25, 0.3) is 143 Å². The molecule has 17 rings (SSSR count). The van der Waals surface area contributed by atoms with Crippen LogP contribution in [-0.4, -0.2) is 36.3 Å². The second kappa shape index (κ2) is 21.1. The van der Waals surface area contributed by atoms with E-state index in [1.54, 1.807) is 0 Å². The predicted octanol–water partition coefficient (Wildman–Crippen LogP) is 20.7. The number of pyridine rings is 3. The maximum atomic E-state index is 4.98. The topological polar surface area (TPSA) is 60.9 Å². The van der Waals surface area contributed by atoms with Crippen LogP contribution in [-0.2, 0) is 0 Å². The summed E-state index contributed by atoms with van der Waals surface area (Å²) in [6.07, 6.45) is 17.6. The average molecular weight is 1130 g/mol. The number of aromatic nitrogens is 5. The molecule has 0 bridgehead atoms. The van der Waals surface area contributed by atoms with Crippen molar-refractivity contribution in [3.8, 4) is 67.3 Å². The minimum absolute atomic E-state index is 0.545. The van der Waals surface area contributed by atoms with E-state index in [1.165, 1.54) is 70.4 Å². The summed E-state index contributed by atoms with van der Waals surface area (Å²) in [4.78, 5) is 19.4. The number of dihydropyridines is 1. The number of allylic oxidation sites excluding steroid dienone is 5. The standard InChI is InChI=1S/C80H55N6P/c1-5-21-61(71-25-9-13-41-81-71)57(17-1)51-29-35-75-65(45-51)66-46-52(58-18-2-6-22-62(58)72-26-10-14-42-82-72)30-36-76(66)85(75)55-33-39-79-69(49-55)70-50-56(34-40-80(70)87-79)86-77-37-31-53(59-19-3-7-23-63(59)73-27-11-15-43-83-73)47-67(77)68-48-54(32-38-78(68)86)60-20-4-8-24-64(60)74-28-12-16-44-84-74/h1-7,9-13,15-23,25-41,43-50,87H,8,14,24,42H2. The second-order valence-corrected chi connectivity index (χ2v) is 24.1. The van der Waals surface area contributed by atoms with Gasteiger partial charge in [0.2, 0.25) is 0 Å². The summed E-state index contributed by atoms with van der Waals surface area (Å²) in [6, 6.07) is 87.0. The van der Waals surface area contributed by atoms with E-state index in [9.17, 15) is 0 Å². The number of nitrogens with zero attached hydrogens (tertiary/aromatic N) is 6. The minimum atomic E-state index is 0.545. The Morgan fingerprint density at radius 1 is 0.333 bits per heavy atom. The molecule has 0 radical (unpaired) electrons. The van der Waals surface area contributed by atoms with Crippen LogP contribution in [0, 0.1) is 0 Å². The number of fused-ring (bicyclic) bond motifs is 9. The van der Waals surface area contributed by atoms with E-state index in [2.05, 4.69) is 252 Å². The van der Waals surface area contributed by atoms with Gasteiger partial charge in [-0.1, -0.05) is 133 Å². The molecule has 0 saturated carbocycles. The van der Waals surface area contributed by atoms with E-state index < -0.39 is 0 Å². The monoisotopic (exact) mass is 1130 g/mol. The first-order valence-corrected chi connectivity index (χ1v) is 31.0. The van der Waals surface area contributed by atoms with Gasteiger partial charge in [-0.25, -0.2) is 0 Å². The summed E-state index contributed by atoms with van der Waals surface area (Å²) in [7, 11) is 0.545. The van der Waals surface area contributed by atoms with E-state index in [1.807, 2.05) is 36.8 Å².